The summed E-state index contributed by atoms with van der Waals surface area (Å²) in [6.45, 7) is -0.127. The van der Waals surface area contributed by atoms with Crippen molar-refractivity contribution in [1.29, 1.82) is 0 Å². The average molecular weight is 446 g/mol. The zero-order valence-electron chi connectivity index (χ0n) is 15.4. The summed E-state index contributed by atoms with van der Waals surface area (Å²) in [5.41, 5.74) is -1.24. The number of anilines is 1. The highest BCUT2D eigenvalue weighted by Crippen LogP contribution is 2.28. The number of carbonyl (C=O) groups excluding carboxylic acids is 1. The minimum atomic E-state index is -3.38. The number of carbonyl (C=O) groups is 1. The Morgan fingerprint density at radius 2 is 2.10 bits per heavy atom. The molecular formula is C18H14N4O6S2. The molecule has 1 aromatic carbocycles. The molecule has 1 amide bonds. The SMILES string of the molecule is CS(=O)(=O)c1ccc2nc(NC(=O)c3c[nH]c(=O)n(Cc4ccco4)c3=O)sc2c1. The number of benzene rings is 1. The van der Waals surface area contributed by atoms with Crippen molar-refractivity contribution in [1.82, 2.24) is 14.5 Å². The summed E-state index contributed by atoms with van der Waals surface area (Å²) in [6.07, 6.45) is 3.54. The number of amides is 1. The van der Waals surface area contributed by atoms with Crippen LogP contribution in [0.25, 0.3) is 10.2 Å². The molecule has 0 aliphatic rings. The van der Waals surface area contributed by atoms with Gasteiger partial charge >= 0.3 is 5.69 Å². The van der Waals surface area contributed by atoms with Gasteiger partial charge in [-0.05, 0) is 30.3 Å². The summed E-state index contributed by atoms with van der Waals surface area (Å²) in [7, 11) is -3.38. The number of rotatable bonds is 5. The van der Waals surface area contributed by atoms with Gasteiger partial charge in [0.05, 0.1) is 27.9 Å². The second-order valence-corrected chi connectivity index (χ2v) is 9.40. The van der Waals surface area contributed by atoms with Crippen LogP contribution in [0.3, 0.4) is 0 Å². The summed E-state index contributed by atoms with van der Waals surface area (Å²) in [4.78, 5) is 44.0. The monoisotopic (exact) mass is 446 g/mol. The molecule has 0 aliphatic heterocycles. The first-order chi connectivity index (χ1) is 14.2. The van der Waals surface area contributed by atoms with E-state index in [0.717, 1.165) is 28.4 Å². The van der Waals surface area contributed by atoms with E-state index in [4.69, 9.17) is 4.42 Å². The zero-order valence-corrected chi connectivity index (χ0v) is 17.0. The third kappa shape index (κ3) is 3.82. The van der Waals surface area contributed by atoms with Crippen LogP contribution in [0.5, 0.6) is 0 Å². The minimum absolute atomic E-state index is 0.127. The first kappa shape index (κ1) is 19.8. The van der Waals surface area contributed by atoms with Gasteiger partial charge in [-0.2, -0.15) is 0 Å². The van der Waals surface area contributed by atoms with Gasteiger partial charge in [-0.3, -0.25) is 19.5 Å². The molecule has 0 fully saturated rings. The normalized spacial score (nSPS) is 11.6. The predicted molar refractivity (Wildman–Crippen MR) is 110 cm³/mol. The molecular weight excluding hydrogens is 432 g/mol. The third-order valence-electron chi connectivity index (χ3n) is 4.21. The molecule has 3 aromatic heterocycles. The highest BCUT2D eigenvalue weighted by Gasteiger charge is 2.18. The lowest BCUT2D eigenvalue weighted by Gasteiger charge is -2.05. The number of hydrogen-bond donors (Lipinski definition) is 2. The van der Waals surface area contributed by atoms with Gasteiger partial charge in [0.1, 0.15) is 11.3 Å². The fourth-order valence-corrected chi connectivity index (χ4v) is 4.35. The van der Waals surface area contributed by atoms with Crippen molar-refractivity contribution in [2.75, 3.05) is 11.6 Å². The number of hydrogen-bond acceptors (Lipinski definition) is 8. The molecule has 10 nitrogen and oxygen atoms in total. The van der Waals surface area contributed by atoms with Crippen LogP contribution in [0.4, 0.5) is 5.13 Å². The first-order valence-electron chi connectivity index (χ1n) is 8.49. The summed E-state index contributed by atoms with van der Waals surface area (Å²) in [6, 6.07) is 7.65. The first-order valence-corrected chi connectivity index (χ1v) is 11.2. The molecule has 4 aromatic rings. The molecule has 0 spiro atoms. The van der Waals surface area contributed by atoms with E-state index in [9.17, 15) is 22.8 Å². The van der Waals surface area contributed by atoms with Gasteiger partial charge in [-0.1, -0.05) is 11.3 Å². The van der Waals surface area contributed by atoms with Crippen molar-refractivity contribution >= 4 is 42.4 Å². The topological polar surface area (TPSA) is 144 Å². The largest absolute Gasteiger partial charge is 0.467 e. The maximum Gasteiger partial charge on any atom is 0.328 e. The summed E-state index contributed by atoms with van der Waals surface area (Å²) >= 11 is 1.06. The highest BCUT2D eigenvalue weighted by atomic mass is 32.2. The lowest BCUT2D eigenvalue weighted by Crippen LogP contribution is -2.39. The number of aromatic nitrogens is 3. The lowest BCUT2D eigenvalue weighted by molar-refractivity contribution is 0.102. The third-order valence-corrected chi connectivity index (χ3v) is 6.25. The summed E-state index contributed by atoms with van der Waals surface area (Å²) in [5, 5.41) is 2.70. The van der Waals surface area contributed by atoms with E-state index in [2.05, 4.69) is 15.3 Å². The van der Waals surface area contributed by atoms with Crippen LogP contribution in [0.15, 0.2) is 61.7 Å². The molecule has 154 valence electrons. The fraction of sp³-hybridized carbons (Fsp3) is 0.111. The quantitative estimate of drug-likeness (QED) is 0.472. The Morgan fingerprint density at radius 3 is 2.80 bits per heavy atom. The molecule has 4 rings (SSSR count). The van der Waals surface area contributed by atoms with Crippen LogP contribution >= 0.6 is 11.3 Å². The van der Waals surface area contributed by atoms with E-state index in [0.29, 0.717) is 16.0 Å². The predicted octanol–water partition coefficient (Wildman–Crippen LogP) is 1.44. The molecule has 0 atom stereocenters. The second-order valence-electron chi connectivity index (χ2n) is 6.35. The Bertz CT molecular complexity index is 1480. The number of sulfone groups is 1. The van der Waals surface area contributed by atoms with Crippen molar-refractivity contribution in [2.45, 2.75) is 11.4 Å². The van der Waals surface area contributed by atoms with Crippen LogP contribution in [-0.2, 0) is 16.4 Å². The summed E-state index contributed by atoms with van der Waals surface area (Å²) in [5.74, 6) is -0.375. The molecule has 0 radical (unpaired) electrons. The Morgan fingerprint density at radius 1 is 1.30 bits per heavy atom. The molecule has 0 unspecified atom stereocenters. The molecule has 12 heteroatoms. The van der Waals surface area contributed by atoms with E-state index in [1.165, 1.54) is 24.5 Å². The van der Waals surface area contributed by atoms with Gasteiger partial charge in [0.25, 0.3) is 11.5 Å². The van der Waals surface area contributed by atoms with Crippen molar-refractivity contribution in [3.8, 4) is 0 Å². The zero-order chi connectivity index (χ0) is 21.5. The number of fused-ring (bicyclic) bond motifs is 1. The van der Waals surface area contributed by atoms with Gasteiger partial charge in [-0.15, -0.1) is 0 Å². The minimum Gasteiger partial charge on any atom is -0.467 e. The van der Waals surface area contributed by atoms with E-state index in [-0.39, 0.29) is 22.1 Å². The molecule has 0 saturated heterocycles. The highest BCUT2D eigenvalue weighted by molar-refractivity contribution is 7.90. The Labute approximate surface area is 172 Å². The Hall–Kier alpha value is -3.51. The molecule has 30 heavy (non-hydrogen) atoms. The van der Waals surface area contributed by atoms with Gasteiger partial charge in [-0.25, -0.2) is 18.2 Å². The van der Waals surface area contributed by atoms with Crippen molar-refractivity contribution in [2.24, 2.45) is 0 Å². The van der Waals surface area contributed by atoms with Crippen LogP contribution in [0.1, 0.15) is 16.1 Å². The fourth-order valence-electron chi connectivity index (χ4n) is 2.73. The maximum absolute atomic E-state index is 12.6. The number of furan rings is 1. The molecule has 2 N–H and O–H groups in total. The van der Waals surface area contributed by atoms with Crippen LogP contribution in [0, 0.1) is 0 Å². The van der Waals surface area contributed by atoms with Crippen LogP contribution in [0.2, 0.25) is 0 Å². The van der Waals surface area contributed by atoms with Crippen molar-refractivity contribution in [3.05, 3.63) is 75.0 Å². The van der Waals surface area contributed by atoms with E-state index >= 15 is 0 Å². The molecule has 0 bridgehead atoms. The van der Waals surface area contributed by atoms with Crippen molar-refractivity contribution in [3.63, 3.8) is 0 Å². The Kier molecular flexibility index (Phi) is 4.87. The molecule has 0 saturated carbocycles. The van der Waals surface area contributed by atoms with Gasteiger partial charge < -0.3 is 9.40 Å². The van der Waals surface area contributed by atoms with Gasteiger partial charge in [0.2, 0.25) is 0 Å². The molecule has 0 aliphatic carbocycles. The van der Waals surface area contributed by atoms with Crippen LogP contribution < -0.4 is 16.6 Å². The summed E-state index contributed by atoms with van der Waals surface area (Å²) < 4.78 is 30.0. The lowest BCUT2D eigenvalue weighted by atomic mass is 10.3. The average Bonchev–Trinajstić information content (AvgIpc) is 3.32. The maximum atomic E-state index is 12.6. The van der Waals surface area contributed by atoms with E-state index < -0.39 is 27.0 Å². The van der Waals surface area contributed by atoms with E-state index in [1.807, 2.05) is 0 Å². The second kappa shape index (κ2) is 7.39. The number of aromatic amines is 1. The number of nitrogens with zero attached hydrogens (tertiary/aromatic N) is 2. The molecule has 3 heterocycles. The number of thiazole rings is 1. The van der Waals surface area contributed by atoms with Crippen molar-refractivity contribution < 1.29 is 17.6 Å². The van der Waals surface area contributed by atoms with Crippen LogP contribution in [-0.4, -0.2) is 35.1 Å². The smallest absolute Gasteiger partial charge is 0.328 e. The van der Waals surface area contributed by atoms with Gasteiger partial charge in [0, 0.05) is 12.5 Å². The Balaban J connectivity index is 1.64. The number of H-pyrrole nitrogens is 1. The number of nitrogens with one attached hydrogen (secondary N) is 2. The standard InChI is InChI=1S/C18H14N4O6S2/c1-30(26,27)11-4-5-13-14(7-11)29-17(20-13)21-15(23)12-8-19-18(25)22(16(12)24)9-10-3-2-6-28-10/h2-8H,9H2,1H3,(H,19,25)(H,20,21,23). The van der Waals surface area contributed by atoms with Gasteiger partial charge in [0.15, 0.2) is 15.0 Å². The van der Waals surface area contributed by atoms with E-state index in [1.54, 1.807) is 12.1 Å².